The Labute approximate surface area is 158 Å². The van der Waals surface area contributed by atoms with Crippen LogP contribution < -0.4 is 0 Å². The quantitative estimate of drug-likeness (QED) is 0.265. The van der Waals surface area contributed by atoms with Gasteiger partial charge >= 0.3 is 5.97 Å². The third-order valence-corrected chi connectivity index (χ3v) is 4.61. The van der Waals surface area contributed by atoms with Crippen LogP contribution >= 0.6 is 0 Å². The Hall–Kier alpha value is -1.87. The molecule has 0 radical (unpaired) electrons. The van der Waals surface area contributed by atoms with Gasteiger partial charge < -0.3 is 9.84 Å². The summed E-state index contributed by atoms with van der Waals surface area (Å²) in [6, 6.07) is 10.0. The summed E-state index contributed by atoms with van der Waals surface area (Å²) in [6.45, 7) is 7.50. The predicted molar refractivity (Wildman–Crippen MR) is 108 cm³/mol. The van der Waals surface area contributed by atoms with Crippen molar-refractivity contribution in [2.45, 2.75) is 63.9 Å². The average molecular weight is 359 g/mol. The summed E-state index contributed by atoms with van der Waals surface area (Å²) in [5.74, 6) is -0.796. The monoisotopic (exact) mass is 358 g/mol. The van der Waals surface area contributed by atoms with Crippen LogP contribution in [0.5, 0.6) is 0 Å². The third-order valence-electron chi connectivity index (χ3n) is 4.61. The van der Waals surface area contributed by atoms with Gasteiger partial charge in [0.2, 0.25) is 0 Å². The van der Waals surface area contributed by atoms with Crippen LogP contribution in [0.2, 0.25) is 0 Å². The average Bonchev–Trinajstić information content (AvgIpc) is 2.66. The topological polar surface area (TPSA) is 46.5 Å². The maximum absolute atomic E-state index is 12.3. The number of carbonyl (C=O) groups excluding carboxylic acids is 1. The summed E-state index contributed by atoms with van der Waals surface area (Å²) in [6.07, 6.45) is 11.5. The first-order valence-corrected chi connectivity index (χ1v) is 9.79. The van der Waals surface area contributed by atoms with Crippen molar-refractivity contribution in [1.82, 2.24) is 0 Å². The number of rotatable bonds is 15. The molecule has 0 saturated heterocycles. The zero-order chi connectivity index (χ0) is 19.0. The molecule has 0 aromatic heterocycles. The van der Waals surface area contributed by atoms with E-state index in [-0.39, 0.29) is 12.6 Å². The van der Waals surface area contributed by atoms with Crippen LogP contribution in [0.3, 0.4) is 0 Å². The number of aliphatic hydroxyl groups is 1. The number of carbonyl (C=O) groups is 1. The summed E-state index contributed by atoms with van der Waals surface area (Å²) < 4.78 is 5.21. The fraction of sp³-hybridized carbons (Fsp3) is 0.522. The van der Waals surface area contributed by atoms with Gasteiger partial charge in [0.15, 0.2) is 0 Å². The molecule has 144 valence electrons. The number of aliphatic hydroxyl groups excluding tert-OH is 1. The molecule has 0 heterocycles. The summed E-state index contributed by atoms with van der Waals surface area (Å²) in [7, 11) is 0. The maximum atomic E-state index is 12.3. The fourth-order valence-corrected chi connectivity index (χ4v) is 3.06. The minimum absolute atomic E-state index is 0.191. The first-order chi connectivity index (χ1) is 12.7. The van der Waals surface area contributed by atoms with E-state index < -0.39 is 12.0 Å². The summed E-state index contributed by atoms with van der Waals surface area (Å²) in [4.78, 5) is 12.3. The van der Waals surface area contributed by atoms with Crippen molar-refractivity contribution in [2.24, 2.45) is 5.92 Å². The van der Waals surface area contributed by atoms with Crippen LogP contribution in [-0.4, -0.2) is 23.8 Å². The Balaban J connectivity index is 2.44. The van der Waals surface area contributed by atoms with Gasteiger partial charge in [0.25, 0.3) is 0 Å². The lowest BCUT2D eigenvalue weighted by molar-refractivity contribution is -0.151. The van der Waals surface area contributed by atoms with E-state index in [1.165, 1.54) is 18.4 Å². The smallest absolute Gasteiger partial charge is 0.311 e. The fourth-order valence-electron chi connectivity index (χ4n) is 3.06. The third kappa shape index (κ3) is 9.57. The van der Waals surface area contributed by atoms with E-state index in [1.54, 1.807) is 6.08 Å². The van der Waals surface area contributed by atoms with Gasteiger partial charge in [-0.05, 0) is 37.7 Å². The molecule has 3 nitrogen and oxygen atoms in total. The summed E-state index contributed by atoms with van der Waals surface area (Å²) in [5.41, 5.74) is 1.17. The van der Waals surface area contributed by atoms with Gasteiger partial charge in [-0.2, -0.15) is 0 Å². The number of ether oxygens (including phenoxy) is 1. The molecule has 0 amide bonds. The molecule has 0 spiro atoms. The van der Waals surface area contributed by atoms with Crippen LogP contribution in [0.1, 0.15) is 56.9 Å². The van der Waals surface area contributed by atoms with Gasteiger partial charge in [-0.15, -0.1) is 6.58 Å². The lowest BCUT2D eigenvalue weighted by Gasteiger charge is -2.21. The van der Waals surface area contributed by atoms with Gasteiger partial charge in [0, 0.05) is 0 Å². The van der Waals surface area contributed by atoms with Crippen LogP contribution in [0.25, 0.3) is 0 Å². The Morgan fingerprint density at radius 3 is 2.38 bits per heavy atom. The molecule has 1 rings (SSSR count). The van der Waals surface area contributed by atoms with Crippen molar-refractivity contribution in [3.63, 3.8) is 0 Å². The van der Waals surface area contributed by atoms with Crippen LogP contribution in [0.4, 0.5) is 0 Å². The number of hydrogen-bond donors (Lipinski definition) is 1. The zero-order valence-electron chi connectivity index (χ0n) is 15.9. The lowest BCUT2D eigenvalue weighted by atomic mass is 9.91. The first-order valence-electron chi connectivity index (χ1n) is 9.79. The van der Waals surface area contributed by atoms with E-state index in [2.05, 4.69) is 13.2 Å². The number of esters is 1. The van der Waals surface area contributed by atoms with Gasteiger partial charge in [-0.3, -0.25) is 4.79 Å². The highest BCUT2D eigenvalue weighted by molar-refractivity contribution is 5.73. The number of hydrogen-bond acceptors (Lipinski definition) is 3. The molecule has 1 aromatic rings. The second-order valence-corrected chi connectivity index (χ2v) is 6.75. The van der Waals surface area contributed by atoms with E-state index >= 15 is 0 Å². The van der Waals surface area contributed by atoms with Gasteiger partial charge in [0.1, 0.15) is 6.61 Å². The second kappa shape index (κ2) is 14.3. The zero-order valence-corrected chi connectivity index (χ0v) is 15.9. The van der Waals surface area contributed by atoms with E-state index in [4.69, 9.17) is 4.74 Å². The lowest BCUT2D eigenvalue weighted by Crippen LogP contribution is -2.30. The largest absolute Gasteiger partial charge is 0.461 e. The van der Waals surface area contributed by atoms with Gasteiger partial charge in [0.05, 0.1) is 12.0 Å². The minimum Gasteiger partial charge on any atom is -0.461 e. The molecule has 0 aliphatic rings. The maximum Gasteiger partial charge on any atom is 0.311 e. The molecule has 1 N–H and O–H groups in total. The van der Waals surface area contributed by atoms with Crippen LogP contribution in [0, 0.1) is 5.92 Å². The molecule has 1 aromatic carbocycles. The molecular weight excluding hydrogens is 324 g/mol. The molecule has 0 unspecified atom stereocenters. The van der Waals surface area contributed by atoms with Crippen molar-refractivity contribution in [1.29, 1.82) is 0 Å². The van der Waals surface area contributed by atoms with Crippen molar-refractivity contribution in [3.8, 4) is 0 Å². The van der Waals surface area contributed by atoms with E-state index in [0.717, 1.165) is 32.1 Å². The molecule has 0 saturated carbocycles. The molecular formula is C23H34O3. The van der Waals surface area contributed by atoms with Crippen molar-refractivity contribution in [3.05, 3.63) is 61.2 Å². The highest BCUT2D eigenvalue weighted by Gasteiger charge is 2.27. The highest BCUT2D eigenvalue weighted by Crippen LogP contribution is 2.20. The molecule has 3 heteroatoms. The van der Waals surface area contributed by atoms with E-state index in [0.29, 0.717) is 12.8 Å². The number of aryl methyl sites for hydroxylation is 1. The van der Waals surface area contributed by atoms with Gasteiger partial charge in [-0.1, -0.05) is 74.7 Å². The van der Waals surface area contributed by atoms with E-state index in [9.17, 15) is 9.90 Å². The second-order valence-electron chi connectivity index (χ2n) is 6.75. The standard InChI is InChI=1S/C23H34O3/c1-3-5-6-7-8-9-13-16-22(24)21(23(25)26-19-4-2)18-17-20-14-11-10-12-15-20/h3-4,10-12,14-15,21-22,24H,1-2,5-9,13,16-19H2/t21-,22-/m1/s1. The highest BCUT2D eigenvalue weighted by atomic mass is 16.5. The molecule has 0 bridgehead atoms. The molecule has 0 aliphatic carbocycles. The predicted octanol–water partition coefficient (Wildman–Crippen LogP) is 5.24. The van der Waals surface area contributed by atoms with Crippen molar-refractivity contribution >= 4 is 5.97 Å². The molecule has 0 aliphatic heterocycles. The first kappa shape index (κ1) is 22.2. The summed E-state index contributed by atoms with van der Waals surface area (Å²) in [5, 5.41) is 10.6. The van der Waals surface area contributed by atoms with Crippen LogP contribution in [0.15, 0.2) is 55.6 Å². The van der Waals surface area contributed by atoms with Crippen molar-refractivity contribution < 1.29 is 14.6 Å². The molecule has 0 fully saturated rings. The Morgan fingerprint density at radius 1 is 1.00 bits per heavy atom. The van der Waals surface area contributed by atoms with E-state index in [1.807, 2.05) is 36.4 Å². The van der Waals surface area contributed by atoms with Crippen molar-refractivity contribution in [2.75, 3.05) is 6.61 Å². The Bertz CT molecular complexity index is 509. The number of benzene rings is 1. The van der Waals surface area contributed by atoms with Gasteiger partial charge in [-0.25, -0.2) is 0 Å². The molecule has 2 atom stereocenters. The molecule has 26 heavy (non-hydrogen) atoms. The van der Waals surface area contributed by atoms with Crippen LogP contribution in [-0.2, 0) is 16.0 Å². The Morgan fingerprint density at radius 2 is 1.69 bits per heavy atom. The normalized spacial score (nSPS) is 13.0. The number of allylic oxidation sites excluding steroid dienone is 1. The minimum atomic E-state index is -0.649. The SMILES string of the molecule is C=CCCCCCCC[C@@H](O)[C@@H](CCc1ccccc1)C(=O)OCC=C. The Kier molecular flexibility index (Phi) is 12.2. The summed E-state index contributed by atoms with van der Waals surface area (Å²) >= 11 is 0. The number of unbranched alkanes of at least 4 members (excludes halogenated alkanes) is 5.